The van der Waals surface area contributed by atoms with Crippen molar-refractivity contribution in [2.75, 3.05) is 23.3 Å². The fraction of sp³-hybridized carbons (Fsp3) is 0.381. The van der Waals surface area contributed by atoms with Crippen molar-refractivity contribution < 1.29 is 27.5 Å². The van der Waals surface area contributed by atoms with E-state index in [9.17, 15) is 22.8 Å². The first-order valence-corrected chi connectivity index (χ1v) is 10.3. The number of fused-ring (bicyclic) bond motifs is 1. The Bertz CT molecular complexity index is 1140. The maximum Gasteiger partial charge on any atom is 0.453 e. The van der Waals surface area contributed by atoms with Crippen molar-refractivity contribution in [2.45, 2.75) is 32.0 Å². The van der Waals surface area contributed by atoms with Crippen LogP contribution in [0.15, 0.2) is 42.5 Å². The monoisotopic (exact) mass is 462 g/mol. The number of piperidine rings is 1. The van der Waals surface area contributed by atoms with Gasteiger partial charge in [0.05, 0.1) is 5.92 Å². The molecular formula is C21H21F3N6O3. The molecule has 174 valence electrons. The lowest BCUT2D eigenvalue weighted by atomic mass is 9.97. The SMILES string of the molecule is CC(OC(=O)C1CCN(c2ccc3nnc(C(F)(F)F)n3n2)CC1)C(=O)Nc1ccccc1. The minimum atomic E-state index is -4.68. The molecule has 1 aliphatic heterocycles. The molecule has 2 aromatic heterocycles. The topological polar surface area (TPSA) is 102 Å². The summed E-state index contributed by atoms with van der Waals surface area (Å²) in [5.41, 5.74) is 0.595. The van der Waals surface area contributed by atoms with Crippen molar-refractivity contribution in [1.29, 1.82) is 0 Å². The molecule has 0 aliphatic carbocycles. The van der Waals surface area contributed by atoms with Crippen LogP contribution in [-0.2, 0) is 20.5 Å². The first-order valence-electron chi connectivity index (χ1n) is 10.3. The number of nitrogens with one attached hydrogen (secondary N) is 1. The predicted octanol–water partition coefficient (Wildman–Crippen LogP) is 2.93. The Morgan fingerprint density at radius 2 is 1.79 bits per heavy atom. The Balaban J connectivity index is 1.34. The smallest absolute Gasteiger partial charge is 0.452 e. The van der Waals surface area contributed by atoms with Crippen LogP contribution in [-0.4, -0.2) is 50.9 Å². The molecule has 1 amide bonds. The molecule has 0 saturated carbocycles. The normalized spacial score (nSPS) is 15.9. The fourth-order valence-corrected chi connectivity index (χ4v) is 3.56. The third kappa shape index (κ3) is 5.04. The van der Waals surface area contributed by atoms with Gasteiger partial charge in [0.2, 0.25) is 0 Å². The standard InChI is InChI=1S/C21H21F3N6O3/c1-13(18(31)25-15-5-3-2-4-6-15)33-19(32)14-9-11-29(12-10-14)17-8-7-16-26-27-20(21(22,23)24)30(16)28-17/h2-8,13-14H,9-12H2,1H3,(H,25,31). The second-order valence-electron chi connectivity index (χ2n) is 7.68. The van der Waals surface area contributed by atoms with Gasteiger partial charge in [-0.05, 0) is 44.0 Å². The molecule has 0 radical (unpaired) electrons. The highest BCUT2D eigenvalue weighted by Crippen LogP contribution is 2.29. The first-order chi connectivity index (χ1) is 15.7. The van der Waals surface area contributed by atoms with Gasteiger partial charge in [-0.2, -0.15) is 17.7 Å². The summed E-state index contributed by atoms with van der Waals surface area (Å²) in [4.78, 5) is 26.6. The van der Waals surface area contributed by atoms with Gasteiger partial charge in [-0.15, -0.1) is 15.3 Å². The van der Waals surface area contributed by atoms with E-state index < -0.39 is 35.9 Å². The Hall–Kier alpha value is -3.70. The molecule has 1 fully saturated rings. The van der Waals surface area contributed by atoms with Crippen LogP contribution in [0.1, 0.15) is 25.6 Å². The maximum absolute atomic E-state index is 13.1. The number of anilines is 2. The summed E-state index contributed by atoms with van der Waals surface area (Å²) in [5, 5.41) is 13.4. The lowest BCUT2D eigenvalue weighted by molar-refractivity contribution is -0.158. The Morgan fingerprint density at radius 3 is 2.45 bits per heavy atom. The number of amides is 1. The summed E-state index contributed by atoms with van der Waals surface area (Å²) in [6, 6.07) is 11.8. The number of carbonyl (C=O) groups excluding carboxylic acids is 2. The molecule has 4 rings (SSSR count). The summed E-state index contributed by atoms with van der Waals surface area (Å²) >= 11 is 0. The summed E-state index contributed by atoms with van der Waals surface area (Å²) in [6.07, 6.45) is -4.81. The molecule has 1 N–H and O–H groups in total. The number of aromatic nitrogens is 4. The van der Waals surface area contributed by atoms with Crippen LogP contribution < -0.4 is 10.2 Å². The minimum absolute atomic E-state index is 0.00712. The highest BCUT2D eigenvalue weighted by atomic mass is 19.4. The second kappa shape index (κ2) is 9.04. The minimum Gasteiger partial charge on any atom is -0.452 e. The van der Waals surface area contributed by atoms with Crippen LogP contribution in [0, 0.1) is 5.92 Å². The number of esters is 1. The molecule has 1 saturated heterocycles. The van der Waals surface area contributed by atoms with E-state index in [0.717, 1.165) is 0 Å². The van der Waals surface area contributed by atoms with Gasteiger partial charge in [0.1, 0.15) is 5.82 Å². The molecule has 0 bridgehead atoms. The molecule has 9 nitrogen and oxygen atoms in total. The van der Waals surface area contributed by atoms with Crippen LogP contribution in [0.3, 0.4) is 0 Å². The van der Waals surface area contributed by atoms with E-state index in [-0.39, 0.29) is 5.65 Å². The molecular weight excluding hydrogens is 441 g/mol. The lowest BCUT2D eigenvalue weighted by Crippen LogP contribution is -2.39. The van der Waals surface area contributed by atoms with Crippen molar-refractivity contribution in [3.05, 3.63) is 48.3 Å². The molecule has 3 heterocycles. The first kappa shape index (κ1) is 22.5. The molecule has 1 atom stereocenters. The zero-order valence-electron chi connectivity index (χ0n) is 17.6. The number of carbonyl (C=O) groups is 2. The maximum atomic E-state index is 13.1. The molecule has 1 unspecified atom stereocenters. The Kier molecular flexibility index (Phi) is 6.16. The van der Waals surface area contributed by atoms with Crippen molar-refractivity contribution in [3.63, 3.8) is 0 Å². The van der Waals surface area contributed by atoms with Crippen LogP contribution in [0.2, 0.25) is 0 Å². The van der Waals surface area contributed by atoms with Crippen molar-refractivity contribution in [3.8, 4) is 0 Å². The average molecular weight is 462 g/mol. The molecule has 0 spiro atoms. The predicted molar refractivity (Wildman–Crippen MR) is 111 cm³/mol. The van der Waals surface area contributed by atoms with Crippen LogP contribution in [0.5, 0.6) is 0 Å². The van der Waals surface area contributed by atoms with Gasteiger partial charge in [0, 0.05) is 18.8 Å². The number of rotatable bonds is 5. The largest absolute Gasteiger partial charge is 0.453 e. The summed E-state index contributed by atoms with van der Waals surface area (Å²) in [5.74, 6) is -2.20. The number of benzene rings is 1. The van der Waals surface area contributed by atoms with Crippen molar-refractivity contribution >= 4 is 29.0 Å². The van der Waals surface area contributed by atoms with Crippen LogP contribution in [0.25, 0.3) is 5.65 Å². The van der Waals surface area contributed by atoms with Gasteiger partial charge >= 0.3 is 12.1 Å². The van der Waals surface area contributed by atoms with Crippen molar-refractivity contribution in [2.24, 2.45) is 5.92 Å². The summed E-state index contributed by atoms with van der Waals surface area (Å²) in [7, 11) is 0. The number of alkyl halides is 3. The van der Waals surface area contributed by atoms with Crippen molar-refractivity contribution in [1.82, 2.24) is 19.8 Å². The molecule has 12 heteroatoms. The molecule has 1 aromatic carbocycles. The molecule has 33 heavy (non-hydrogen) atoms. The zero-order chi connectivity index (χ0) is 23.6. The van der Waals surface area contributed by atoms with Crippen LogP contribution >= 0.6 is 0 Å². The average Bonchev–Trinajstić information content (AvgIpc) is 3.23. The van der Waals surface area contributed by atoms with Gasteiger partial charge in [0.15, 0.2) is 11.8 Å². The Morgan fingerprint density at radius 1 is 1.09 bits per heavy atom. The van der Waals surface area contributed by atoms with Crippen LogP contribution in [0.4, 0.5) is 24.7 Å². The van der Waals surface area contributed by atoms with E-state index >= 15 is 0 Å². The second-order valence-corrected chi connectivity index (χ2v) is 7.68. The van der Waals surface area contributed by atoms with E-state index in [4.69, 9.17) is 4.74 Å². The van der Waals surface area contributed by atoms with Gasteiger partial charge in [0.25, 0.3) is 11.7 Å². The Labute approximate surface area is 186 Å². The molecule has 3 aromatic rings. The van der Waals surface area contributed by atoms with Gasteiger partial charge < -0.3 is 15.0 Å². The number of hydrogen-bond acceptors (Lipinski definition) is 7. The number of ether oxygens (including phenoxy) is 1. The molecule has 1 aliphatic rings. The van der Waals surface area contributed by atoms with E-state index in [1.54, 1.807) is 35.2 Å². The van der Waals surface area contributed by atoms with E-state index in [1.807, 2.05) is 6.07 Å². The zero-order valence-corrected chi connectivity index (χ0v) is 17.6. The fourth-order valence-electron chi connectivity index (χ4n) is 3.56. The third-order valence-corrected chi connectivity index (χ3v) is 5.36. The number of nitrogens with zero attached hydrogens (tertiary/aromatic N) is 5. The highest BCUT2D eigenvalue weighted by Gasteiger charge is 2.38. The highest BCUT2D eigenvalue weighted by molar-refractivity contribution is 5.95. The number of para-hydroxylation sites is 1. The van der Waals surface area contributed by atoms with Gasteiger partial charge in [-0.3, -0.25) is 9.59 Å². The summed E-state index contributed by atoms with van der Waals surface area (Å²) in [6.45, 7) is 2.29. The van der Waals surface area contributed by atoms with E-state index in [2.05, 4.69) is 20.6 Å². The van der Waals surface area contributed by atoms with E-state index in [0.29, 0.717) is 42.0 Å². The quantitative estimate of drug-likeness (QED) is 0.582. The number of halogens is 3. The summed E-state index contributed by atoms with van der Waals surface area (Å²) < 4.78 is 45.3. The number of hydrogen-bond donors (Lipinski definition) is 1. The lowest BCUT2D eigenvalue weighted by Gasteiger charge is -2.32. The third-order valence-electron chi connectivity index (χ3n) is 5.36. The van der Waals surface area contributed by atoms with Gasteiger partial charge in [-0.1, -0.05) is 18.2 Å². The van der Waals surface area contributed by atoms with E-state index in [1.165, 1.54) is 13.0 Å². The van der Waals surface area contributed by atoms with Gasteiger partial charge in [-0.25, -0.2) is 0 Å².